The van der Waals surface area contributed by atoms with Crippen molar-refractivity contribution in [2.75, 3.05) is 7.11 Å². The largest absolute Gasteiger partial charge is 0.469 e. The Bertz CT molecular complexity index is 423. The molecule has 1 aromatic rings. The average Bonchev–Trinajstić information content (AvgIpc) is 2.37. The van der Waals surface area contributed by atoms with Gasteiger partial charge in [0.25, 0.3) is 0 Å². The Morgan fingerprint density at radius 1 is 1.37 bits per heavy atom. The van der Waals surface area contributed by atoms with Gasteiger partial charge in [-0.25, -0.2) is 0 Å². The lowest BCUT2D eigenvalue weighted by molar-refractivity contribution is -0.142. The van der Waals surface area contributed by atoms with Gasteiger partial charge in [-0.1, -0.05) is 25.1 Å². The number of hydrogen-bond acceptors (Lipinski definition) is 4. The third-order valence-corrected chi connectivity index (χ3v) is 2.71. The number of aliphatic hydroxyl groups excluding tert-OH is 1. The Balaban J connectivity index is 2.86. The van der Waals surface area contributed by atoms with Gasteiger partial charge in [0, 0.05) is 5.56 Å². The molecular weight excluding hydrogens is 258 g/mol. The quantitative estimate of drug-likeness (QED) is 0.810. The van der Waals surface area contributed by atoms with Crippen LogP contribution >= 0.6 is 0 Å². The van der Waals surface area contributed by atoms with E-state index < -0.39 is 24.6 Å². The standard InChI is InChI=1S/C13H16F2O4/c1-8(7-11(16)18-2)12(17)9-5-3-4-6-10(9)19-13(14)15/h3-6,8,12-13,17H,7H2,1-2H3. The molecular formula is C13H16F2O4. The van der Waals surface area contributed by atoms with Crippen molar-refractivity contribution in [1.82, 2.24) is 0 Å². The zero-order valence-electron chi connectivity index (χ0n) is 10.7. The van der Waals surface area contributed by atoms with Gasteiger partial charge in [-0.2, -0.15) is 8.78 Å². The summed E-state index contributed by atoms with van der Waals surface area (Å²) in [6.07, 6.45) is -1.10. The van der Waals surface area contributed by atoms with Gasteiger partial charge in [0.05, 0.1) is 19.6 Å². The molecule has 0 bridgehead atoms. The summed E-state index contributed by atoms with van der Waals surface area (Å²) >= 11 is 0. The van der Waals surface area contributed by atoms with Gasteiger partial charge in [-0.3, -0.25) is 4.79 Å². The topological polar surface area (TPSA) is 55.8 Å². The fourth-order valence-electron chi connectivity index (χ4n) is 1.69. The molecule has 2 atom stereocenters. The SMILES string of the molecule is COC(=O)CC(C)C(O)c1ccccc1OC(F)F. The van der Waals surface area contributed by atoms with E-state index in [2.05, 4.69) is 9.47 Å². The molecule has 6 heteroatoms. The molecule has 1 N–H and O–H groups in total. The first-order chi connectivity index (χ1) is 8.95. The maximum absolute atomic E-state index is 12.3. The van der Waals surface area contributed by atoms with E-state index in [0.717, 1.165) is 0 Å². The number of aliphatic hydroxyl groups is 1. The average molecular weight is 274 g/mol. The molecule has 0 aliphatic heterocycles. The van der Waals surface area contributed by atoms with Crippen molar-refractivity contribution in [3.63, 3.8) is 0 Å². The second kappa shape index (κ2) is 7.04. The number of carbonyl (C=O) groups is 1. The Hall–Kier alpha value is -1.69. The van der Waals surface area contributed by atoms with Gasteiger partial charge >= 0.3 is 12.6 Å². The van der Waals surface area contributed by atoms with Crippen molar-refractivity contribution >= 4 is 5.97 Å². The monoisotopic (exact) mass is 274 g/mol. The highest BCUT2D eigenvalue weighted by atomic mass is 19.3. The molecule has 0 saturated heterocycles. The number of carbonyl (C=O) groups excluding carboxylic acids is 1. The number of halogens is 2. The zero-order valence-corrected chi connectivity index (χ0v) is 10.7. The number of benzene rings is 1. The van der Waals surface area contributed by atoms with Crippen LogP contribution in [0, 0.1) is 5.92 Å². The van der Waals surface area contributed by atoms with Crippen molar-refractivity contribution in [3.8, 4) is 5.75 Å². The molecule has 106 valence electrons. The molecule has 0 heterocycles. The Kier molecular flexibility index (Phi) is 5.69. The maximum atomic E-state index is 12.3. The van der Waals surface area contributed by atoms with Crippen LogP contribution in [0.25, 0.3) is 0 Å². The summed E-state index contributed by atoms with van der Waals surface area (Å²) in [6.45, 7) is -1.34. The third-order valence-electron chi connectivity index (χ3n) is 2.71. The first-order valence-corrected chi connectivity index (χ1v) is 5.74. The summed E-state index contributed by atoms with van der Waals surface area (Å²) in [5, 5.41) is 10.1. The van der Waals surface area contributed by atoms with Crippen LogP contribution in [-0.4, -0.2) is 24.8 Å². The number of methoxy groups -OCH3 is 1. The van der Waals surface area contributed by atoms with Crippen LogP contribution in [-0.2, 0) is 9.53 Å². The summed E-state index contributed by atoms with van der Waals surface area (Å²) in [6, 6.07) is 5.95. The van der Waals surface area contributed by atoms with Gasteiger partial charge in [0.15, 0.2) is 0 Å². The van der Waals surface area contributed by atoms with Gasteiger partial charge in [0.2, 0.25) is 0 Å². The predicted octanol–water partition coefficient (Wildman–Crippen LogP) is 2.52. The van der Waals surface area contributed by atoms with Crippen LogP contribution < -0.4 is 4.74 Å². The van der Waals surface area contributed by atoms with Gasteiger partial charge < -0.3 is 14.6 Å². The minimum Gasteiger partial charge on any atom is -0.469 e. The van der Waals surface area contributed by atoms with E-state index in [1.807, 2.05) is 0 Å². The number of ether oxygens (including phenoxy) is 2. The number of alkyl halides is 2. The molecule has 19 heavy (non-hydrogen) atoms. The van der Waals surface area contributed by atoms with E-state index in [0.29, 0.717) is 0 Å². The van der Waals surface area contributed by atoms with Gasteiger partial charge in [-0.05, 0) is 12.0 Å². The van der Waals surface area contributed by atoms with Crippen molar-refractivity contribution in [2.45, 2.75) is 26.1 Å². The first-order valence-electron chi connectivity index (χ1n) is 5.74. The molecule has 0 amide bonds. The number of esters is 1. The predicted molar refractivity (Wildman–Crippen MR) is 63.8 cm³/mol. The summed E-state index contributed by atoms with van der Waals surface area (Å²) in [4.78, 5) is 11.1. The van der Waals surface area contributed by atoms with Crippen LogP contribution in [0.1, 0.15) is 25.0 Å². The number of rotatable bonds is 6. The lowest BCUT2D eigenvalue weighted by atomic mass is 9.94. The van der Waals surface area contributed by atoms with Crippen molar-refractivity contribution in [3.05, 3.63) is 29.8 Å². The fourth-order valence-corrected chi connectivity index (χ4v) is 1.69. The first kappa shape index (κ1) is 15.4. The molecule has 0 saturated carbocycles. The van der Waals surface area contributed by atoms with Crippen LogP contribution in [0.4, 0.5) is 8.78 Å². The van der Waals surface area contributed by atoms with Crippen LogP contribution in [0.2, 0.25) is 0 Å². The van der Waals surface area contributed by atoms with E-state index in [4.69, 9.17) is 0 Å². The minimum absolute atomic E-state index is 0.0132. The summed E-state index contributed by atoms with van der Waals surface area (Å²) in [5.74, 6) is -1.05. The number of hydrogen-bond donors (Lipinski definition) is 1. The second-order valence-corrected chi connectivity index (χ2v) is 4.12. The highest BCUT2D eigenvalue weighted by molar-refractivity contribution is 5.69. The highest BCUT2D eigenvalue weighted by Gasteiger charge is 2.23. The fraction of sp³-hybridized carbons (Fsp3) is 0.462. The van der Waals surface area contributed by atoms with Gasteiger partial charge in [-0.15, -0.1) is 0 Å². The van der Waals surface area contributed by atoms with E-state index in [1.165, 1.54) is 25.3 Å². The molecule has 1 aromatic carbocycles. The molecule has 0 spiro atoms. The van der Waals surface area contributed by atoms with Gasteiger partial charge in [0.1, 0.15) is 5.75 Å². The summed E-state index contributed by atoms with van der Waals surface area (Å²) < 4.78 is 33.3. The van der Waals surface area contributed by atoms with E-state index in [-0.39, 0.29) is 17.7 Å². The summed E-state index contributed by atoms with van der Waals surface area (Å²) in [5.41, 5.74) is 0.221. The minimum atomic E-state index is -2.97. The third kappa shape index (κ3) is 4.48. The molecule has 1 rings (SSSR count). The van der Waals surface area contributed by atoms with Crippen molar-refractivity contribution in [2.24, 2.45) is 5.92 Å². The molecule has 0 radical (unpaired) electrons. The Morgan fingerprint density at radius 3 is 2.58 bits per heavy atom. The number of para-hydroxylation sites is 1. The Morgan fingerprint density at radius 2 is 2.00 bits per heavy atom. The lowest BCUT2D eigenvalue weighted by Crippen LogP contribution is -2.16. The molecule has 2 unspecified atom stereocenters. The van der Waals surface area contributed by atoms with E-state index in [9.17, 15) is 18.7 Å². The zero-order chi connectivity index (χ0) is 14.4. The van der Waals surface area contributed by atoms with E-state index >= 15 is 0 Å². The molecule has 0 aliphatic carbocycles. The smallest absolute Gasteiger partial charge is 0.387 e. The molecule has 0 aliphatic rings. The van der Waals surface area contributed by atoms with E-state index in [1.54, 1.807) is 13.0 Å². The normalized spacial score (nSPS) is 14.0. The molecule has 0 fully saturated rings. The second-order valence-electron chi connectivity index (χ2n) is 4.12. The van der Waals surface area contributed by atoms with Crippen LogP contribution in [0.15, 0.2) is 24.3 Å². The summed E-state index contributed by atoms with van der Waals surface area (Å²) in [7, 11) is 1.25. The molecule has 4 nitrogen and oxygen atoms in total. The van der Waals surface area contributed by atoms with Crippen molar-refractivity contribution < 1.29 is 28.2 Å². The van der Waals surface area contributed by atoms with Crippen LogP contribution in [0.5, 0.6) is 5.75 Å². The lowest BCUT2D eigenvalue weighted by Gasteiger charge is -2.20. The van der Waals surface area contributed by atoms with Crippen LogP contribution in [0.3, 0.4) is 0 Å². The maximum Gasteiger partial charge on any atom is 0.387 e. The Labute approximate surface area is 109 Å². The highest BCUT2D eigenvalue weighted by Crippen LogP contribution is 2.32. The van der Waals surface area contributed by atoms with Crippen molar-refractivity contribution in [1.29, 1.82) is 0 Å². The molecule has 0 aromatic heterocycles.